The third-order valence-electron chi connectivity index (χ3n) is 3.11. The van der Waals surface area contributed by atoms with Crippen LogP contribution in [0.4, 0.5) is 4.39 Å². The van der Waals surface area contributed by atoms with Crippen molar-refractivity contribution in [2.45, 2.75) is 26.8 Å². The molecule has 0 fully saturated rings. The van der Waals surface area contributed by atoms with E-state index in [-0.39, 0.29) is 5.82 Å². The molecule has 21 heavy (non-hydrogen) atoms. The zero-order chi connectivity index (χ0) is 15.2. The Hall–Kier alpha value is -1.39. The molecule has 0 aliphatic carbocycles. The maximum atomic E-state index is 14.0. The van der Waals surface area contributed by atoms with Crippen LogP contribution < -0.4 is 10.1 Å². The highest BCUT2D eigenvalue weighted by Crippen LogP contribution is 2.32. The highest BCUT2D eigenvalue weighted by Gasteiger charge is 2.11. The molecule has 0 aliphatic rings. The van der Waals surface area contributed by atoms with Gasteiger partial charge in [-0.05, 0) is 65.6 Å². The zero-order valence-corrected chi connectivity index (χ0v) is 13.8. The Morgan fingerprint density at radius 2 is 2.00 bits per heavy atom. The van der Waals surface area contributed by atoms with Crippen LogP contribution in [0.1, 0.15) is 24.5 Å². The van der Waals surface area contributed by atoms with Gasteiger partial charge in [0.15, 0.2) is 0 Å². The van der Waals surface area contributed by atoms with Gasteiger partial charge in [-0.15, -0.1) is 0 Å². The lowest BCUT2D eigenvalue weighted by atomic mass is 10.1. The van der Waals surface area contributed by atoms with Crippen molar-refractivity contribution in [1.29, 1.82) is 0 Å². The third kappa shape index (κ3) is 4.29. The van der Waals surface area contributed by atoms with Crippen LogP contribution in [0, 0.1) is 12.7 Å². The number of halogens is 2. The molecule has 0 saturated heterocycles. The predicted octanol–water partition coefficient (Wildman–Crippen LogP) is 5.19. The van der Waals surface area contributed by atoms with Crippen LogP contribution in [0.3, 0.4) is 0 Å². The lowest BCUT2D eigenvalue weighted by Gasteiger charge is -2.14. The average Bonchev–Trinajstić information content (AvgIpc) is 2.45. The monoisotopic (exact) mass is 351 g/mol. The number of hydrogen-bond acceptors (Lipinski definition) is 2. The summed E-state index contributed by atoms with van der Waals surface area (Å²) in [6.45, 7) is 5.40. The number of hydrogen-bond donors (Lipinski definition) is 1. The zero-order valence-electron chi connectivity index (χ0n) is 12.2. The summed E-state index contributed by atoms with van der Waals surface area (Å²) in [5, 5.41) is 3.21. The fourth-order valence-corrected chi connectivity index (χ4v) is 2.58. The molecule has 2 aromatic rings. The Bertz CT molecular complexity index is 616. The van der Waals surface area contributed by atoms with Gasteiger partial charge in [0.2, 0.25) is 0 Å². The first-order valence-corrected chi connectivity index (χ1v) is 7.83. The number of ether oxygens (including phenoxy) is 1. The van der Waals surface area contributed by atoms with Crippen LogP contribution in [-0.4, -0.2) is 6.54 Å². The molecule has 2 nitrogen and oxygen atoms in total. The van der Waals surface area contributed by atoms with Crippen molar-refractivity contribution in [3.8, 4) is 11.5 Å². The normalized spacial score (nSPS) is 10.7. The SMILES string of the molecule is CCCNCc1c(F)cccc1Oc1ccc(C)cc1Br. The standard InChI is InChI=1S/C17H19BrFNO/c1-3-9-20-11-13-15(19)5-4-6-16(13)21-17-8-7-12(2)10-14(17)18/h4-8,10,20H,3,9,11H2,1-2H3. The Morgan fingerprint density at radius 1 is 1.19 bits per heavy atom. The van der Waals surface area contributed by atoms with Gasteiger partial charge in [-0.1, -0.05) is 19.1 Å². The molecule has 0 heterocycles. The van der Waals surface area contributed by atoms with Crippen LogP contribution in [0.5, 0.6) is 11.5 Å². The van der Waals surface area contributed by atoms with Gasteiger partial charge in [-0.3, -0.25) is 0 Å². The summed E-state index contributed by atoms with van der Waals surface area (Å²) in [6, 6.07) is 10.7. The lowest BCUT2D eigenvalue weighted by Crippen LogP contribution is -2.15. The minimum absolute atomic E-state index is 0.251. The van der Waals surface area contributed by atoms with E-state index in [1.54, 1.807) is 12.1 Å². The van der Waals surface area contributed by atoms with Crippen LogP contribution in [0.25, 0.3) is 0 Å². The fraction of sp³-hybridized carbons (Fsp3) is 0.294. The van der Waals surface area contributed by atoms with Crippen molar-refractivity contribution in [2.24, 2.45) is 0 Å². The van der Waals surface area contributed by atoms with E-state index in [0.717, 1.165) is 23.0 Å². The first kappa shape index (κ1) is 16.0. The Balaban J connectivity index is 2.24. The molecule has 4 heteroatoms. The number of nitrogens with one attached hydrogen (secondary N) is 1. The van der Waals surface area contributed by atoms with Crippen LogP contribution in [0.2, 0.25) is 0 Å². The quantitative estimate of drug-likeness (QED) is 0.723. The van der Waals surface area contributed by atoms with Crippen molar-refractivity contribution in [3.05, 3.63) is 57.8 Å². The van der Waals surface area contributed by atoms with E-state index in [0.29, 0.717) is 23.6 Å². The summed E-state index contributed by atoms with van der Waals surface area (Å²) >= 11 is 3.48. The van der Waals surface area contributed by atoms with Crippen LogP contribution in [0.15, 0.2) is 40.9 Å². The van der Waals surface area contributed by atoms with E-state index >= 15 is 0 Å². The van der Waals surface area contributed by atoms with Gasteiger partial charge in [-0.2, -0.15) is 0 Å². The van der Waals surface area contributed by atoms with Crippen molar-refractivity contribution < 1.29 is 9.13 Å². The minimum Gasteiger partial charge on any atom is -0.456 e. The van der Waals surface area contributed by atoms with Gasteiger partial charge < -0.3 is 10.1 Å². The molecule has 0 atom stereocenters. The molecule has 0 saturated carbocycles. The van der Waals surface area contributed by atoms with Gasteiger partial charge in [0.1, 0.15) is 17.3 Å². The molecule has 1 N–H and O–H groups in total. The summed E-state index contributed by atoms with van der Waals surface area (Å²) in [7, 11) is 0. The molecule has 0 spiro atoms. The molecular formula is C17H19BrFNO. The van der Waals surface area contributed by atoms with E-state index in [1.807, 2.05) is 25.1 Å². The molecule has 0 amide bonds. The van der Waals surface area contributed by atoms with Crippen LogP contribution >= 0.6 is 15.9 Å². The van der Waals surface area contributed by atoms with Gasteiger partial charge >= 0.3 is 0 Å². The molecule has 2 aromatic carbocycles. The van der Waals surface area contributed by atoms with Crippen molar-refractivity contribution in [1.82, 2.24) is 5.32 Å². The lowest BCUT2D eigenvalue weighted by molar-refractivity contribution is 0.459. The average molecular weight is 352 g/mol. The molecule has 112 valence electrons. The number of benzene rings is 2. The number of aryl methyl sites for hydroxylation is 1. The van der Waals surface area contributed by atoms with E-state index in [4.69, 9.17) is 4.74 Å². The Kier molecular flexibility index (Phi) is 5.76. The molecule has 0 radical (unpaired) electrons. The molecule has 2 rings (SSSR count). The Morgan fingerprint density at radius 3 is 2.71 bits per heavy atom. The van der Waals surface area contributed by atoms with Gasteiger partial charge in [-0.25, -0.2) is 4.39 Å². The van der Waals surface area contributed by atoms with Crippen molar-refractivity contribution in [3.63, 3.8) is 0 Å². The summed E-state index contributed by atoms with van der Waals surface area (Å²) < 4.78 is 20.8. The first-order chi connectivity index (χ1) is 10.1. The summed E-state index contributed by atoms with van der Waals surface area (Å²) in [5.74, 6) is 0.977. The second-order valence-electron chi connectivity index (χ2n) is 4.93. The topological polar surface area (TPSA) is 21.3 Å². The second-order valence-corrected chi connectivity index (χ2v) is 5.78. The highest BCUT2D eigenvalue weighted by atomic mass is 79.9. The molecule has 0 bridgehead atoms. The van der Waals surface area contributed by atoms with Crippen molar-refractivity contribution in [2.75, 3.05) is 6.54 Å². The first-order valence-electron chi connectivity index (χ1n) is 7.04. The largest absolute Gasteiger partial charge is 0.456 e. The summed E-state index contributed by atoms with van der Waals surface area (Å²) in [6.07, 6.45) is 1.01. The summed E-state index contributed by atoms with van der Waals surface area (Å²) in [4.78, 5) is 0. The molecule has 0 unspecified atom stereocenters. The van der Waals surface area contributed by atoms with E-state index in [2.05, 4.69) is 28.2 Å². The third-order valence-corrected chi connectivity index (χ3v) is 3.73. The van der Waals surface area contributed by atoms with Crippen molar-refractivity contribution >= 4 is 15.9 Å². The minimum atomic E-state index is -0.251. The Labute approximate surface area is 133 Å². The van der Waals surface area contributed by atoms with Gasteiger partial charge in [0.05, 0.1) is 4.47 Å². The van der Waals surface area contributed by atoms with Gasteiger partial charge in [0.25, 0.3) is 0 Å². The van der Waals surface area contributed by atoms with E-state index < -0.39 is 0 Å². The molecule has 0 aliphatic heterocycles. The maximum absolute atomic E-state index is 14.0. The fourth-order valence-electron chi connectivity index (χ4n) is 2.00. The smallest absolute Gasteiger partial charge is 0.141 e. The molecular weight excluding hydrogens is 333 g/mol. The maximum Gasteiger partial charge on any atom is 0.141 e. The summed E-state index contributed by atoms with van der Waals surface area (Å²) in [5.41, 5.74) is 1.69. The molecule has 0 aromatic heterocycles. The van der Waals surface area contributed by atoms with Crippen LogP contribution in [-0.2, 0) is 6.54 Å². The van der Waals surface area contributed by atoms with Gasteiger partial charge in [0, 0.05) is 12.1 Å². The van der Waals surface area contributed by atoms with E-state index in [9.17, 15) is 4.39 Å². The van der Waals surface area contributed by atoms with E-state index in [1.165, 1.54) is 6.07 Å². The highest BCUT2D eigenvalue weighted by molar-refractivity contribution is 9.10. The second kappa shape index (κ2) is 7.57. The predicted molar refractivity (Wildman–Crippen MR) is 87.4 cm³/mol. The number of rotatable bonds is 6.